The standard InChI is InChI=1S/C20H27N3OS.ClH/c1-13-4-7-17(8-5-13)20-23-15(3)19(25-20)14(2)22-18(24)9-6-16-10-11-21-12-16;/h4-5,7-8,14,16,21H,6,9-12H2,1-3H3,(H,22,24);1H. The summed E-state index contributed by atoms with van der Waals surface area (Å²) in [5, 5.41) is 7.52. The highest BCUT2D eigenvalue weighted by Gasteiger charge is 2.19. The number of nitrogens with zero attached hydrogens (tertiary/aromatic N) is 1. The monoisotopic (exact) mass is 393 g/mol. The average molecular weight is 394 g/mol. The smallest absolute Gasteiger partial charge is 0.220 e. The van der Waals surface area contributed by atoms with Crippen LogP contribution in [0.25, 0.3) is 10.6 Å². The van der Waals surface area contributed by atoms with Crippen molar-refractivity contribution in [2.24, 2.45) is 5.92 Å². The lowest BCUT2D eigenvalue weighted by molar-refractivity contribution is -0.122. The van der Waals surface area contributed by atoms with Gasteiger partial charge in [-0.25, -0.2) is 4.98 Å². The molecular formula is C20H28ClN3OS. The molecule has 2 heterocycles. The topological polar surface area (TPSA) is 54.0 Å². The minimum atomic E-state index is 0. The molecule has 3 rings (SSSR count). The normalized spacial score (nSPS) is 17.6. The van der Waals surface area contributed by atoms with Crippen LogP contribution in [0.4, 0.5) is 0 Å². The number of benzene rings is 1. The van der Waals surface area contributed by atoms with Crippen LogP contribution in [0.15, 0.2) is 24.3 Å². The molecule has 2 atom stereocenters. The number of thiazole rings is 1. The Hall–Kier alpha value is -1.43. The summed E-state index contributed by atoms with van der Waals surface area (Å²) in [6.45, 7) is 8.30. The zero-order valence-corrected chi connectivity index (χ0v) is 17.3. The Kier molecular flexibility index (Phi) is 7.62. The minimum absolute atomic E-state index is 0. The van der Waals surface area contributed by atoms with Gasteiger partial charge in [0.15, 0.2) is 0 Å². The SMILES string of the molecule is Cc1ccc(-c2nc(C)c(C(C)NC(=O)CCC3CCNC3)s2)cc1.Cl. The molecule has 6 heteroatoms. The first kappa shape index (κ1) is 20.9. The molecule has 1 aromatic heterocycles. The first-order chi connectivity index (χ1) is 12.0. The molecule has 0 radical (unpaired) electrons. The van der Waals surface area contributed by atoms with Gasteiger partial charge in [0, 0.05) is 12.0 Å². The summed E-state index contributed by atoms with van der Waals surface area (Å²) in [6.07, 6.45) is 2.78. The van der Waals surface area contributed by atoms with Gasteiger partial charge in [-0.15, -0.1) is 23.7 Å². The van der Waals surface area contributed by atoms with Gasteiger partial charge in [-0.05, 0) is 52.6 Å². The van der Waals surface area contributed by atoms with Crippen molar-refractivity contribution in [1.82, 2.24) is 15.6 Å². The molecule has 1 fully saturated rings. The average Bonchev–Trinajstić information content (AvgIpc) is 3.23. The van der Waals surface area contributed by atoms with Crippen LogP contribution in [0.3, 0.4) is 0 Å². The van der Waals surface area contributed by atoms with E-state index in [1.807, 2.05) is 6.92 Å². The lowest BCUT2D eigenvalue weighted by atomic mass is 10.0. The van der Waals surface area contributed by atoms with Gasteiger partial charge in [0.2, 0.25) is 5.91 Å². The van der Waals surface area contributed by atoms with Crippen molar-refractivity contribution in [3.05, 3.63) is 40.4 Å². The van der Waals surface area contributed by atoms with Crippen molar-refractivity contribution >= 4 is 29.7 Å². The summed E-state index contributed by atoms with van der Waals surface area (Å²) in [6, 6.07) is 8.43. The van der Waals surface area contributed by atoms with Gasteiger partial charge in [0.1, 0.15) is 5.01 Å². The molecule has 26 heavy (non-hydrogen) atoms. The van der Waals surface area contributed by atoms with E-state index < -0.39 is 0 Å². The third-order valence-electron chi connectivity index (χ3n) is 4.84. The van der Waals surface area contributed by atoms with E-state index >= 15 is 0 Å². The van der Waals surface area contributed by atoms with Gasteiger partial charge < -0.3 is 10.6 Å². The molecule has 1 aromatic carbocycles. The summed E-state index contributed by atoms with van der Waals surface area (Å²) in [4.78, 5) is 18.1. The number of halogens is 1. The maximum atomic E-state index is 12.3. The van der Waals surface area contributed by atoms with E-state index in [4.69, 9.17) is 4.98 Å². The Morgan fingerprint density at radius 2 is 2.08 bits per heavy atom. The predicted octanol–water partition coefficient (Wildman–Crippen LogP) is 4.42. The van der Waals surface area contributed by atoms with Gasteiger partial charge >= 0.3 is 0 Å². The second kappa shape index (κ2) is 9.49. The van der Waals surface area contributed by atoms with Crippen molar-refractivity contribution < 1.29 is 4.79 Å². The van der Waals surface area contributed by atoms with E-state index in [0.717, 1.165) is 40.7 Å². The molecule has 0 aliphatic carbocycles. The van der Waals surface area contributed by atoms with Crippen molar-refractivity contribution in [3.63, 3.8) is 0 Å². The Labute approximate surface area is 166 Å². The van der Waals surface area contributed by atoms with Crippen molar-refractivity contribution in [1.29, 1.82) is 0 Å². The number of carbonyl (C=O) groups excluding carboxylic acids is 1. The molecule has 142 valence electrons. The van der Waals surface area contributed by atoms with Gasteiger partial charge in [0.05, 0.1) is 16.6 Å². The van der Waals surface area contributed by atoms with E-state index in [0.29, 0.717) is 12.3 Å². The lowest BCUT2D eigenvalue weighted by Crippen LogP contribution is -2.27. The Bertz CT molecular complexity index is 723. The number of carbonyl (C=O) groups is 1. The summed E-state index contributed by atoms with van der Waals surface area (Å²) in [5.41, 5.74) is 3.39. The van der Waals surface area contributed by atoms with E-state index in [1.165, 1.54) is 12.0 Å². The van der Waals surface area contributed by atoms with E-state index in [9.17, 15) is 4.79 Å². The largest absolute Gasteiger partial charge is 0.349 e. The summed E-state index contributed by atoms with van der Waals surface area (Å²) in [7, 11) is 0. The van der Waals surface area contributed by atoms with Crippen LogP contribution in [0, 0.1) is 19.8 Å². The molecule has 2 N–H and O–H groups in total. The number of hydrogen-bond acceptors (Lipinski definition) is 4. The second-order valence-electron chi connectivity index (χ2n) is 7.02. The minimum Gasteiger partial charge on any atom is -0.349 e. The highest BCUT2D eigenvalue weighted by Crippen LogP contribution is 2.32. The molecule has 4 nitrogen and oxygen atoms in total. The van der Waals surface area contributed by atoms with Gasteiger partial charge in [-0.2, -0.15) is 0 Å². The number of rotatable bonds is 6. The quantitative estimate of drug-likeness (QED) is 0.763. The molecule has 1 aliphatic rings. The number of aromatic nitrogens is 1. The highest BCUT2D eigenvalue weighted by atomic mass is 35.5. The van der Waals surface area contributed by atoms with Crippen molar-refractivity contribution in [2.75, 3.05) is 13.1 Å². The van der Waals surface area contributed by atoms with Gasteiger partial charge in [-0.3, -0.25) is 4.79 Å². The molecular weight excluding hydrogens is 366 g/mol. The first-order valence-corrected chi connectivity index (χ1v) is 9.89. The maximum absolute atomic E-state index is 12.3. The summed E-state index contributed by atoms with van der Waals surface area (Å²) in [5.74, 6) is 0.795. The third kappa shape index (κ3) is 5.29. The number of aryl methyl sites for hydroxylation is 2. The number of hydrogen-bond donors (Lipinski definition) is 2. The fourth-order valence-corrected chi connectivity index (χ4v) is 4.38. The molecule has 0 spiro atoms. The molecule has 1 aliphatic heterocycles. The van der Waals surface area contributed by atoms with Crippen LogP contribution in [-0.4, -0.2) is 24.0 Å². The first-order valence-electron chi connectivity index (χ1n) is 9.07. The summed E-state index contributed by atoms with van der Waals surface area (Å²) >= 11 is 1.68. The maximum Gasteiger partial charge on any atom is 0.220 e. The molecule has 1 amide bonds. The fourth-order valence-electron chi connectivity index (χ4n) is 3.30. The molecule has 2 unspecified atom stereocenters. The summed E-state index contributed by atoms with van der Waals surface area (Å²) < 4.78 is 0. The lowest BCUT2D eigenvalue weighted by Gasteiger charge is -2.14. The van der Waals surface area contributed by atoms with Crippen LogP contribution in [0.1, 0.15) is 48.4 Å². The van der Waals surface area contributed by atoms with Crippen LogP contribution in [0.5, 0.6) is 0 Å². The Balaban J connectivity index is 0.00000243. The predicted molar refractivity (Wildman–Crippen MR) is 111 cm³/mol. The number of amides is 1. The molecule has 2 aromatic rings. The van der Waals surface area contributed by atoms with Gasteiger partial charge in [0.25, 0.3) is 0 Å². The van der Waals surface area contributed by atoms with Crippen LogP contribution in [0.2, 0.25) is 0 Å². The Morgan fingerprint density at radius 3 is 2.73 bits per heavy atom. The van der Waals surface area contributed by atoms with Gasteiger partial charge in [-0.1, -0.05) is 29.8 Å². The molecule has 1 saturated heterocycles. The van der Waals surface area contributed by atoms with Crippen molar-refractivity contribution in [2.45, 2.75) is 46.1 Å². The molecule has 0 bridgehead atoms. The highest BCUT2D eigenvalue weighted by molar-refractivity contribution is 7.15. The van der Waals surface area contributed by atoms with E-state index in [-0.39, 0.29) is 24.4 Å². The molecule has 0 saturated carbocycles. The van der Waals surface area contributed by atoms with Crippen LogP contribution < -0.4 is 10.6 Å². The van der Waals surface area contributed by atoms with E-state index in [2.05, 4.69) is 48.7 Å². The van der Waals surface area contributed by atoms with Crippen molar-refractivity contribution in [3.8, 4) is 10.6 Å². The third-order valence-corrected chi connectivity index (χ3v) is 6.23. The van der Waals surface area contributed by atoms with Crippen LogP contribution >= 0.6 is 23.7 Å². The van der Waals surface area contributed by atoms with E-state index in [1.54, 1.807) is 11.3 Å². The fraction of sp³-hybridized carbons (Fsp3) is 0.500. The second-order valence-corrected chi connectivity index (χ2v) is 8.05. The zero-order valence-electron chi connectivity index (χ0n) is 15.7. The Morgan fingerprint density at radius 1 is 1.35 bits per heavy atom. The zero-order chi connectivity index (χ0) is 17.8. The number of nitrogens with one attached hydrogen (secondary N) is 2. The van der Waals surface area contributed by atoms with Crippen LogP contribution in [-0.2, 0) is 4.79 Å².